The summed E-state index contributed by atoms with van der Waals surface area (Å²) >= 11 is 0. The summed E-state index contributed by atoms with van der Waals surface area (Å²) in [4.78, 5) is 43.5. The number of nitrogens with zero attached hydrogens (tertiary/aromatic N) is 2. The molecule has 11 heteroatoms. The second-order valence-electron chi connectivity index (χ2n) is 12.9. The summed E-state index contributed by atoms with van der Waals surface area (Å²) in [5.74, 6) is -6.22. The van der Waals surface area contributed by atoms with Crippen molar-refractivity contribution in [1.29, 1.82) is 0 Å². The molecule has 0 unspecified atom stereocenters. The molecule has 0 heterocycles. The Morgan fingerprint density at radius 1 is 1.16 bits per heavy atom. The number of amides is 1. The van der Waals surface area contributed by atoms with E-state index >= 15 is 0 Å². The number of carbonyl (C=O) groups is 3. The van der Waals surface area contributed by atoms with Crippen molar-refractivity contribution in [2.24, 2.45) is 23.0 Å². The van der Waals surface area contributed by atoms with Crippen LogP contribution >= 0.6 is 0 Å². The number of fused-ring (bicyclic) bond motifs is 3. The number of Topliss-reactive ketones (excluding diaryl/α,β-unsaturated/α-hetero) is 2. The van der Waals surface area contributed by atoms with Crippen LogP contribution in [0, 0.1) is 17.3 Å². The van der Waals surface area contributed by atoms with Gasteiger partial charge in [-0.25, -0.2) is 0 Å². The molecule has 0 bridgehead atoms. The van der Waals surface area contributed by atoms with Gasteiger partial charge < -0.3 is 30.9 Å². The SMILES string of the molecule is CCN(Cc1cc(O)c2c(c1OC)C[C@H]1C[C@H]3[C@H](N(C)C)C(O)=C(C(N)=O)C(=O)[C@@]3(O)C(O)=C1C2=O)CC1(CC)CCC1. The topological polar surface area (TPSA) is 174 Å². The van der Waals surface area contributed by atoms with Crippen molar-refractivity contribution in [3.8, 4) is 11.5 Å². The van der Waals surface area contributed by atoms with E-state index in [0.29, 0.717) is 23.3 Å². The first-order valence-corrected chi connectivity index (χ1v) is 15.0. The number of carbonyl (C=O) groups excluding carboxylic acids is 3. The van der Waals surface area contributed by atoms with Crippen molar-refractivity contribution in [2.45, 2.75) is 70.6 Å². The lowest BCUT2D eigenvalue weighted by Gasteiger charge is -2.50. The van der Waals surface area contributed by atoms with Crippen LogP contribution in [0.25, 0.3) is 0 Å². The molecule has 1 fully saturated rings. The summed E-state index contributed by atoms with van der Waals surface area (Å²) in [6, 6.07) is 0.484. The molecule has 0 aliphatic heterocycles. The number of ketones is 2. The molecule has 1 aromatic rings. The third kappa shape index (κ3) is 4.55. The van der Waals surface area contributed by atoms with E-state index in [1.807, 2.05) is 0 Å². The number of hydrogen-bond donors (Lipinski definition) is 5. The Kier molecular flexibility index (Phi) is 7.90. The molecule has 0 radical (unpaired) electrons. The molecule has 6 N–H and O–H groups in total. The van der Waals surface area contributed by atoms with Crippen LogP contribution < -0.4 is 10.5 Å². The number of allylic oxidation sites excluding steroid dienone is 1. The van der Waals surface area contributed by atoms with Crippen molar-refractivity contribution in [2.75, 3.05) is 34.3 Å². The van der Waals surface area contributed by atoms with Gasteiger partial charge >= 0.3 is 0 Å². The highest BCUT2D eigenvalue weighted by Crippen LogP contribution is 2.53. The molecule has 0 aromatic heterocycles. The van der Waals surface area contributed by atoms with Crippen LogP contribution in [-0.2, 0) is 22.6 Å². The number of phenolic OH excluding ortho intramolecular Hbond substituents is 1. The zero-order valence-corrected chi connectivity index (χ0v) is 25.6. The molecule has 4 atom stereocenters. The predicted octanol–water partition coefficient (Wildman–Crippen LogP) is 2.53. The van der Waals surface area contributed by atoms with Crippen LogP contribution in [0.4, 0.5) is 0 Å². The number of aliphatic hydroxyl groups is 3. The van der Waals surface area contributed by atoms with Crippen LogP contribution in [0.3, 0.4) is 0 Å². The van der Waals surface area contributed by atoms with Crippen molar-refractivity contribution in [3.63, 3.8) is 0 Å². The van der Waals surface area contributed by atoms with Gasteiger partial charge in [0.05, 0.1) is 18.7 Å². The zero-order valence-electron chi connectivity index (χ0n) is 25.6. The number of aliphatic hydroxyl groups excluding tert-OH is 2. The minimum Gasteiger partial charge on any atom is -0.510 e. The minimum atomic E-state index is -2.66. The maximum Gasteiger partial charge on any atom is 0.255 e. The zero-order chi connectivity index (χ0) is 31.6. The number of rotatable bonds is 9. The summed E-state index contributed by atoms with van der Waals surface area (Å²) < 4.78 is 5.88. The first-order valence-electron chi connectivity index (χ1n) is 15.0. The Morgan fingerprint density at radius 2 is 1.84 bits per heavy atom. The highest BCUT2D eigenvalue weighted by molar-refractivity contribution is 6.24. The smallest absolute Gasteiger partial charge is 0.255 e. The van der Waals surface area contributed by atoms with Crippen molar-refractivity contribution in [3.05, 3.63) is 45.4 Å². The highest BCUT2D eigenvalue weighted by atomic mass is 16.5. The Morgan fingerprint density at radius 3 is 2.35 bits per heavy atom. The minimum absolute atomic E-state index is 0.0278. The summed E-state index contributed by atoms with van der Waals surface area (Å²) in [5.41, 5.74) is 3.22. The molecule has 4 aliphatic carbocycles. The number of nitrogens with two attached hydrogens (primary N) is 1. The van der Waals surface area contributed by atoms with Crippen LogP contribution in [0.2, 0.25) is 0 Å². The Balaban J connectivity index is 1.59. The third-order valence-corrected chi connectivity index (χ3v) is 10.5. The standard InChI is InChI=1S/C32H43N3O8/c1-6-31(9-8-10-31)15-35(7-2)14-17-13-20(36)22-18(27(17)43-5)11-16-12-19-24(34(3)4)26(38)23(30(33)41)29(40)32(19,42)28(39)21(16)25(22)37/h13,16,19,24,36,38-39,42H,6-12,14-15H2,1-5H3,(H2,33,41)/t16-,19-,24-,32-/m0/s1. The van der Waals surface area contributed by atoms with Gasteiger partial charge in [-0.15, -0.1) is 0 Å². The first-order chi connectivity index (χ1) is 20.3. The summed E-state index contributed by atoms with van der Waals surface area (Å²) in [6.07, 6.45) is 4.92. The summed E-state index contributed by atoms with van der Waals surface area (Å²) in [6.45, 7) is 6.56. The quantitative estimate of drug-likeness (QED) is 0.266. The molecule has 11 nitrogen and oxygen atoms in total. The number of hydrogen-bond acceptors (Lipinski definition) is 10. The van der Waals surface area contributed by atoms with Gasteiger partial charge in [0, 0.05) is 35.7 Å². The van der Waals surface area contributed by atoms with Crippen LogP contribution in [0.1, 0.15) is 67.4 Å². The lowest BCUT2D eigenvalue weighted by atomic mass is 9.58. The van der Waals surface area contributed by atoms with E-state index < -0.39 is 58.0 Å². The van der Waals surface area contributed by atoms with Gasteiger partial charge in [0.2, 0.25) is 5.78 Å². The average molecular weight is 598 g/mol. The Hall–Kier alpha value is -3.41. The monoisotopic (exact) mass is 597 g/mol. The third-order valence-electron chi connectivity index (χ3n) is 10.5. The van der Waals surface area contributed by atoms with Gasteiger partial charge in [-0.05, 0) is 70.1 Å². The maximum atomic E-state index is 14.0. The summed E-state index contributed by atoms with van der Waals surface area (Å²) in [5, 5.41) is 45.4. The van der Waals surface area contributed by atoms with Crippen LogP contribution in [0.15, 0.2) is 28.7 Å². The second kappa shape index (κ2) is 10.9. The van der Waals surface area contributed by atoms with Gasteiger partial charge in [-0.2, -0.15) is 0 Å². The van der Waals surface area contributed by atoms with E-state index in [9.17, 15) is 34.8 Å². The number of benzene rings is 1. The van der Waals surface area contributed by atoms with E-state index in [1.54, 1.807) is 14.1 Å². The van der Waals surface area contributed by atoms with E-state index in [1.165, 1.54) is 37.3 Å². The predicted molar refractivity (Wildman–Crippen MR) is 158 cm³/mol. The van der Waals surface area contributed by atoms with Gasteiger partial charge in [-0.1, -0.05) is 20.3 Å². The van der Waals surface area contributed by atoms with Gasteiger partial charge in [0.15, 0.2) is 11.4 Å². The van der Waals surface area contributed by atoms with E-state index in [0.717, 1.165) is 25.1 Å². The molecule has 0 saturated heterocycles. The number of primary amides is 1. The number of phenols is 1. The Bertz CT molecular complexity index is 1440. The lowest BCUT2D eigenvalue weighted by Crippen LogP contribution is -2.63. The van der Waals surface area contributed by atoms with Gasteiger partial charge in [0.25, 0.3) is 5.91 Å². The molecule has 5 rings (SSSR count). The molecule has 1 amide bonds. The fourth-order valence-electron chi connectivity index (χ4n) is 8.03. The number of methoxy groups -OCH3 is 1. The van der Waals surface area contributed by atoms with Crippen molar-refractivity contribution < 1.29 is 39.5 Å². The molecule has 1 saturated carbocycles. The van der Waals surface area contributed by atoms with Gasteiger partial charge in [-0.3, -0.25) is 24.2 Å². The fourth-order valence-corrected chi connectivity index (χ4v) is 8.03. The molecule has 1 aromatic carbocycles. The van der Waals surface area contributed by atoms with Gasteiger partial charge in [0.1, 0.15) is 28.6 Å². The number of ether oxygens (including phenoxy) is 1. The normalized spacial score (nSPS) is 28.0. The fraction of sp³-hybridized carbons (Fsp3) is 0.594. The van der Waals surface area contributed by atoms with E-state index in [4.69, 9.17) is 10.5 Å². The molecule has 43 heavy (non-hydrogen) atoms. The average Bonchev–Trinajstić information content (AvgIpc) is 2.91. The first kappa shape index (κ1) is 31.0. The molecule has 234 valence electrons. The van der Waals surface area contributed by atoms with Crippen molar-refractivity contribution in [1.82, 2.24) is 9.80 Å². The second-order valence-corrected chi connectivity index (χ2v) is 12.9. The lowest BCUT2D eigenvalue weighted by molar-refractivity contribution is -0.148. The maximum absolute atomic E-state index is 14.0. The molecule has 4 aliphatic rings. The Labute approximate surface area is 251 Å². The van der Waals surface area contributed by atoms with E-state index in [-0.39, 0.29) is 29.7 Å². The van der Waals surface area contributed by atoms with Crippen LogP contribution in [-0.4, -0.2) is 93.6 Å². The van der Waals surface area contributed by atoms with Crippen LogP contribution in [0.5, 0.6) is 11.5 Å². The molecule has 0 spiro atoms. The summed E-state index contributed by atoms with van der Waals surface area (Å²) in [7, 11) is 4.73. The molecular weight excluding hydrogens is 554 g/mol. The largest absolute Gasteiger partial charge is 0.510 e. The van der Waals surface area contributed by atoms with Crippen molar-refractivity contribution >= 4 is 17.5 Å². The van der Waals surface area contributed by atoms with E-state index in [2.05, 4.69) is 18.7 Å². The number of likely N-dealkylation sites (N-methyl/N-ethyl adjacent to an activating group) is 1. The molecular formula is C32H43N3O8. The highest BCUT2D eigenvalue weighted by Gasteiger charge is 2.63. The number of aromatic hydroxyl groups is 1.